The molecule has 0 radical (unpaired) electrons. The van der Waals surface area contributed by atoms with E-state index in [9.17, 15) is 8.42 Å². The van der Waals surface area contributed by atoms with Crippen molar-refractivity contribution in [2.45, 2.75) is 31.6 Å². The Morgan fingerprint density at radius 2 is 2.12 bits per heavy atom. The topological polar surface area (TPSA) is 71.1 Å². The molecule has 0 fully saturated rings. The summed E-state index contributed by atoms with van der Waals surface area (Å²) in [4.78, 5) is 4.29. The molecular weight excluding hydrogens is 238 g/mol. The molecule has 1 rings (SSSR count). The Bertz CT molecular complexity index is 446. The second-order valence-corrected chi connectivity index (χ2v) is 5.43. The SMILES string of the molecule is CCCCNS(=O)(=O)c1ccnc(NCC)c1. The van der Waals surface area contributed by atoms with Crippen LogP contribution in [0, 0.1) is 0 Å². The van der Waals surface area contributed by atoms with Crippen LogP contribution in [0.25, 0.3) is 0 Å². The van der Waals surface area contributed by atoms with Crippen LogP contribution in [0.3, 0.4) is 0 Å². The Kier molecular flexibility index (Phi) is 5.37. The largest absolute Gasteiger partial charge is 0.370 e. The first-order valence-electron chi connectivity index (χ1n) is 5.79. The maximum Gasteiger partial charge on any atom is 0.240 e. The number of unbranched alkanes of at least 4 members (excludes halogenated alkanes) is 1. The summed E-state index contributed by atoms with van der Waals surface area (Å²) in [7, 11) is -3.40. The fourth-order valence-electron chi connectivity index (χ4n) is 1.32. The summed E-state index contributed by atoms with van der Waals surface area (Å²) in [6.45, 7) is 5.13. The third-order valence-corrected chi connectivity index (χ3v) is 3.68. The van der Waals surface area contributed by atoms with Crippen LogP contribution in [0.2, 0.25) is 0 Å². The van der Waals surface area contributed by atoms with Crippen molar-refractivity contribution in [3.05, 3.63) is 18.3 Å². The van der Waals surface area contributed by atoms with Gasteiger partial charge in [0.25, 0.3) is 0 Å². The van der Waals surface area contributed by atoms with Crippen molar-refractivity contribution >= 4 is 15.8 Å². The molecule has 0 aliphatic heterocycles. The Morgan fingerprint density at radius 1 is 1.35 bits per heavy atom. The number of pyridine rings is 1. The van der Waals surface area contributed by atoms with Gasteiger partial charge in [-0.2, -0.15) is 0 Å². The second-order valence-electron chi connectivity index (χ2n) is 3.66. The summed E-state index contributed by atoms with van der Waals surface area (Å²) in [5, 5.41) is 2.98. The van der Waals surface area contributed by atoms with Gasteiger partial charge in [0.2, 0.25) is 10.0 Å². The van der Waals surface area contributed by atoms with Gasteiger partial charge in [-0.15, -0.1) is 0 Å². The van der Waals surface area contributed by atoms with E-state index in [4.69, 9.17) is 0 Å². The zero-order chi connectivity index (χ0) is 12.7. The van der Waals surface area contributed by atoms with E-state index in [0.29, 0.717) is 18.9 Å². The van der Waals surface area contributed by atoms with Crippen molar-refractivity contribution in [3.63, 3.8) is 0 Å². The van der Waals surface area contributed by atoms with Gasteiger partial charge >= 0.3 is 0 Å². The first-order chi connectivity index (χ1) is 8.10. The van der Waals surface area contributed by atoms with Gasteiger partial charge in [-0.25, -0.2) is 18.1 Å². The highest BCUT2D eigenvalue weighted by atomic mass is 32.2. The normalized spacial score (nSPS) is 11.4. The molecule has 1 aromatic heterocycles. The number of aromatic nitrogens is 1. The summed E-state index contributed by atoms with van der Waals surface area (Å²) in [6, 6.07) is 3.03. The smallest absolute Gasteiger partial charge is 0.240 e. The first kappa shape index (κ1) is 13.9. The van der Waals surface area contributed by atoms with Gasteiger partial charge in [0.1, 0.15) is 5.82 Å². The van der Waals surface area contributed by atoms with Crippen LogP contribution in [0.1, 0.15) is 26.7 Å². The Balaban J connectivity index is 2.79. The van der Waals surface area contributed by atoms with Gasteiger partial charge in [0.15, 0.2) is 0 Å². The monoisotopic (exact) mass is 257 g/mol. The van der Waals surface area contributed by atoms with Crippen LogP contribution in [0.5, 0.6) is 0 Å². The van der Waals surface area contributed by atoms with Gasteiger partial charge in [-0.05, 0) is 19.4 Å². The van der Waals surface area contributed by atoms with E-state index in [1.807, 2.05) is 13.8 Å². The third-order valence-electron chi connectivity index (χ3n) is 2.22. The van der Waals surface area contributed by atoms with Gasteiger partial charge in [-0.1, -0.05) is 13.3 Å². The zero-order valence-electron chi connectivity index (χ0n) is 10.2. The highest BCUT2D eigenvalue weighted by Crippen LogP contribution is 2.12. The molecule has 0 bridgehead atoms. The van der Waals surface area contributed by atoms with Crippen molar-refractivity contribution in [1.29, 1.82) is 0 Å². The van der Waals surface area contributed by atoms with Crippen LogP contribution in [-0.4, -0.2) is 26.5 Å². The average Bonchev–Trinajstić information content (AvgIpc) is 2.30. The molecule has 0 saturated heterocycles. The van der Waals surface area contributed by atoms with E-state index in [1.165, 1.54) is 18.3 Å². The Morgan fingerprint density at radius 3 is 2.76 bits per heavy atom. The van der Waals surface area contributed by atoms with Crippen LogP contribution in [0.4, 0.5) is 5.82 Å². The molecular formula is C11H19N3O2S. The number of rotatable bonds is 7. The third kappa shape index (κ3) is 4.32. The number of anilines is 1. The van der Waals surface area contributed by atoms with Crippen LogP contribution in [-0.2, 0) is 10.0 Å². The quantitative estimate of drug-likeness (QED) is 0.728. The minimum absolute atomic E-state index is 0.250. The van der Waals surface area contributed by atoms with Crippen molar-refractivity contribution < 1.29 is 8.42 Å². The number of hydrogen-bond donors (Lipinski definition) is 2. The van der Waals surface area contributed by atoms with Crippen LogP contribution in [0.15, 0.2) is 23.2 Å². The first-order valence-corrected chi connectivity index (χ1v) is 7.28. The van der Waals surface area contributed by atoms with E-state index in [2.05, 4.69) is 15.0 Å². The van der Waals surface area contributed by atoms with Gasteiger partial charge in [0, 0.05) is 25.4 Å². The van der Waals surface area contributed by atoms with Crippen LogP contribution < -0.4 is 10.0 Å². The maximum atomic E-state index is 11.9. The minimum atomic E-state index is -3.40. The predicted octanol–water partition coefficient (Wildman–Crippen LogP) is 1.59. The lowest BCUT2D eigenvalue weighted by molar-refractivity contribution is 0.578. The molecule has 0 atom stereocenters. The van der Waals surface area contributed by atoms with E-state index in [1.54, 1.807) is 0 Å². The van der Waals surface area contributed by atoms with E-state index >= 15 is 0 Å². The Hall–Kier alpha value is -1.14. The fraction of sp³-hybridized carbons (Fsp3) is 0.545. The molecule has 0 unspecified atom stereocenters. The molecule has 0 aliphatic rings. The number of nitrogens with one attached hydrogen (secondary N) is 2. The van der Waals surface area contributed by atoms with Crippen molar-refractivity contribution in [3.8, 4) is 0 Å². The second kappa shape index (κ2) is 6.56. The number of nitrogens with zero attached hydrogens (tertiary/aromatic N) is 1. The molecule has 5 nitrogen and oxygen atoms in total. The van der Waals surface area contributed by atoms with Crippen LogP contribution >= 0.6 is 0 Å². The molecule has 0 saturated carbocycles. The maximum absolute atomic E-state index is 11.9. The molecule has 0 amide bonds. The lowest BCUT2D eigenvalue weighted by Crippen LogP contribution is -2.24. The molecule has 0 spiro atoms. The van der Waals surface area contributed by atoms with Gasteiger partial charge < -0.3 is 5.32 Å². The summed E-state index contributed by atoms with van der Waals surface area (Å²) >= 11 is 0. The van der Waals surface area contributed by atoms with E-state index in [-0.39, 0.29) is 4.90 Å². The molecule has 0 aromatic carbocycles. The highest BCUT2D eigenvalue weighted by molar-refractivity contribution is 7.89. The van der Waals surface area contributed by atoms with Crippen molar-refractivity contribution in [1.82, 2.24) is 9.71 Å². The summed E-state index contributed by atoms with van der Waals surface area (Å²) in [6.07, 6.45) is 3.29. The summed E-state index contributed by atoms with van der Waals surface area (Å²) in [5.74, 6) is 0.575. The summed E-state index contributed by atoms with van der Waals surface area (Å²) < 4.78 is 26.4. The fourth-order valence-corrected chi connectivity index (χ4v) is 2.41. The molecule has 1 aromatic rings. The van der Waals surface area contributed by atoms with E-state index in [0.717, 1.165) is 12.8 Å². The van der Waals surface area contributed by atoms with Crippen molar-refractivity contribution in [2.75, 3.05) is 18.4 Å². The van der Waals surface area contributed by atoms with Gasteiger partial charge in [0.05, 0.1) is 4.90 Å². The predicted molar refractivity (Wildman–Crippen MR) is 68.5 cm³/mol. The molecule has 6 heteroatoms. The standard InChI is InChI=1S/C11H19N3O2S/c1-3-5-7-14-17(15,16)10-6-8-13-11(9-10)12-4-2/h6,8-9,14H,3-5,7H2,1-2H3,(H,12,13). The van der Waals surface area contributed by atoms with Gasteiger partial charge in [-0.3, -0.25) is 0 Å². The van der Waals surface area contributed by atoms with E-state index < -0.39 is 10.0 Å². The zero-order valence-corrected chi connectivity index (χ0v) is 11.0. The molecule has 2 N–H and O–H groups in total. The molecule has 0 aliphatic carbocycles. The highest BCUT2D eigenvalue weighted by Gasteiger charge is 2.13. The number of hydrogen-bond acceptors (Lipinski definition) is 4. The number of sulfonamides is 1. The average molecular weight is 257 g/mol. The molecule has 17 heavy (non-hydrogen) atoms. The Labute approximate surface area is 103 Å². The lowest BCUT2D eigenvalue weighted by Gasteiger charge is -2.07. The molecule has 96 valence electrons. The minimum Gasteiger partial charge on any atom is -0.370 e. The lowest BCUT2D eigenvalue weighted by atomic mass is 10.3. The van der Waals surface area contributed by atoms with Crippen molar-refractivity contribution in [2.24, 2.45) is 0 Å². The molecule has 1 heterocycles. The summed E-state index contributed by atoms with van der Waals surface area (Å²) in [5.41, 5.74) is 0.